The van der Waals surface area contributed by atoms with Crippen molar-refractivity contribution >= 4 is 17.6 Å². The molecule has 0 unspecified atom stereocenters. The topological polar surface area (TPSA) is 68.3 Å². The van der Waals surface area contributed by atoms with E-state index in [1.807, 2.05) is 17.0 Å². The van der Waals surface area contributed by atoms with Crippen LogP contribution in [0.1, 0.15) is 6.92 Å². The molecule has 7 nitrogen and oxygen atoms in total. The fourth-order valence-electron chi connectivity index (χ4n) is 2.98. The van der Waals surface area contributed by atoms with Crippen molar-refractivity contribution in [1.82, 2.24) is 4.90 Å². The highest BCUT2D eigenvalue weighted by atomic mass is 16.6. The Morgan fingerprint density at radius 2 is 1.43 bits per heavy atom. The molecule has 2 aromatic carbocycles. The lowest BCUT2D eigenvalue weighted by atomic mass is 10.2. The summed E-state index contributed by atoms with van der Waals surface area (Å²) in [6, 6.07) is 14.3. The fourth-order valence-corrected chi connectivity index (χ4v) is 2.98. The molecule has 3 rings (SSSR count). The first kappa shape index (κ1) is 19.5. The summed E-state index contributed by atoms with van der Waals surface area (Å²) in [5.41, 5.74) is 1.04. The summed E-state index contributed by atoms with van der Waals surface area (Å²) in [5.74, 6) is 1.39. The highest BCUT2D eigenvalue weighted by molar-refractivity contribution is 5.74. The number of anilines is 1. The van der Waals surface area contributed by atoms with Gasteiger partial charge >= 0.3 is 5.97 Å². The summed E-state index contributed by atoms with van der Waals surface area (Å²) in [7, 11) is 1.59. The number of hydrogen-bond acceptors (Lipinski definition) is 6. The van der Waals surface area contributed by atoms with Crippen LogP contribution in [0.3, 0.4) is 0 Å². The molecule has 148 valence electrons. The van der Waals surface area contributed by atoms with Gasteiger partial charge in [-0.3, -0.25) is 4.79 Å². The first-order valence-corrected chi connectivity index (χ1v) is 9.13. The minimum atomic E-state index is -0.473. The molecular formula is C21H24N2O5. The lowest BCUT2D eigenvalue weighted by molar-refractivity contribution is -0.136. The number of nitrogens with zero attached hydrogens (tertiary/aromatic N) is 2. The number of carbonyl (C=O) groups is 2. The van der Waals surface area contributed by atoms with Crippen molar-refractivity contribution in [2.45, 2.75) is 6.92 Å². The molecular weight excluding hydrogens is 360 g/mol. The highest BCUT2D eigenvalue weighted by Gasteiger charge is 2.18. The molecule has 0 N–H and O–H groups in total. The van der Waals surface area contributed by atoms with Gasteiger partial charge in [0.1, 0.15) is 17.2 Å². The Bertz CT molecular complexity index is 797. The Morgan fingerprint density at radius 1 is 0.857 bits per heavy atom. The molecule has 28 heavy (non-hydrogen) atoms. The van der Waals surface area contributed by atoms with Crippen LogP contribution >= 0.6 is 0 Å². The van der Waals surface area contributed by atoms with Crippen LogP contribution in [-0.4, -0.2) is 56.7 Å². The average molecular weight is 384 g/mol. The van der Waals surface area contributed by atoms with Gasteiger partial charge in [0, 0.05) is 38.8 Å². The van der Waals surface area contributed by atoms with E-state index in [0.717, 1.165) is 37.6 Å². The van der Waals surface area contributed by atoms with Gasteiger partial charge < -0.3 is 24.0 Å². The third-order valence-corrected chi connectivity index (χ3v) is 4.57. The zero-order valence-electron chi connectivity index (χ0n) is 16.1. The molecule has 0 saturated carbocycles. The maximum atomic E-state index is 12.0. The molecule has 0 atom stereocenters. The van der Waals surface area contributed by atoms with E-state index in [2.05, 4.69) is 4.90 Å². The van der Waals surface area contributed by atoms with Crippen LogP contribution in [-0.2, 0) is 9.59 Å². The third-order valence-electron chi connectivity index (χ3n) is 4.57. The zero-order valence-corrected chi connectivity index (χ0v) is 16.1. The molecule has 0 bridgehead atoms. The Kier molecular flexibility index (Phi) is 6.37. The molecule has 1 heterocycles. The Balaban J connectivity index is 1.47. The minimum absolute atomic E-state index is 0.110. The summed E-state index contributed by atoms with van der Waals surface area (Å²) in [6.07, 6.45) is 0. The van der Waals surface area contributed by atoms with Crippen molar-refractivity contribution in [3.8, 4) is 17.2 Å². The van der Waals surface area contributed by atoms with Gasteiger partial charge in [0.05, 0.1) is 7.11 Å². The molecule has 0 aliphatic carbocycles. The minimum Gasteiger partial charge on any atom is -0.497 e. The van der Waals surface area contributed by atoms with Crippen molar-refractivity contribution < 1.29 is 23.8 Å². The summed E-state index contributed by atoms with van der Waals surface area (Å²) in [4.78, 5) is 27.4. The largest absolute Gasteiger partial charge is 0.497 e. The molecule has 7 heteroatoms. The van der Waals surface area contributed by atoms with Gasteiger partial charge in [-0.2, -0.15) is 0 Å². The third kappa shape index (κ3) is 5.16. The number of benzene rings is 2. The van der Waals surface area contributed by atoms with Crippen molar-refractivity contribution in [3.05, 3.63) is 48.5 Å². The molecule has 1 aliphatic heterocycles. The zero-order chi connectivity index (χ0) is 19.9. The van der Waals surface area contributed by atoms with Gasteiger partial charge in [0.2, 0.25) is 5.91 Å². The van der Waals surface area contributed by atoms with Gasteiger partial charge in [-0.25, -0.2) is 4.79 Å². The normalized spacial score (nSPS) is 13.8. The number of ether oxygens (including phenoxy) is 3. The first-order chi connectivity index (χ1) is 13.5. The van der Waals surface area contributed by atoms with Gasteiger partial charge in [-0.1, -0.05) is 0 Å². The predicted molar refractivity (Wildman–Crippen MR) is 105 cm³/mol. The van der Waals surface area contributed by atoms with Crippen LogP contribution in [0.5, 0.6) is 17.2 Å². The van der Waals surface area contributed by atoms with Gasteiger partial charge in [-0.05, 0) is 48.5 Å². The van der Waals surface area contributed by atoms with E-state index in [-0.39, 0.29) is 12.5 Å². The number of piperazine rings is 1. The van der Waals surface area contributed by atoms with Gasteiger partial charge in [0.15, 0.2) is 6.61 Å². The maximum absolute atomic E-state index is 12.0. The average Bonchev–Trinajstić information content (AvgIpc) is 2.73. The number of methoxy groups -OCH3 is 1. The second-order valence-electron chi connectivity index (χ2n) is 6.43. The summed E-state index contributed by atoms with van der Waals surface area (Å²) in [5, 5.41) is 0. The number of hydrogen-bond donors (Lipinski definition) is 0. The summed E-state index contributed by atoms with van der Waals surface area (Å²) in [6.45, 7) is 4.42. The van der Waals surface area contributed by atoms with E-state index in [4.69, 9.17) is 14.2 Å². The standard InChI is InChI=1S/C21H24N2O5/c1-16(24)22-11-13-23(14-12-22)17-3-5-20(6-4-17)28-21(25)15-27-19-9-7-18(26-2)8-10-19/h3-10H,11-15H2,1-2H3. The second kappa shape index (κ2) is 9.12. The van der Waals surface area contributed by atoms with E-state index in [1.165, 1.54) is 0 Å². The molecule has 1 saturated heterocycles. The number of amides is 1. The van der Waals surface area contributed by atoms with Crippen LogP contribution in [0.15, 0.2) is 48.5 Å². The number of esters is 1. The van der Waals surface area contributed by atoms with Crippen molar-refractivity contribution in [2.75, 3.05) is 44.8 Å². The second-order valence-corrected chi connectivity index (χ2v) is 6.43. The quantitative estimate of drug-likeness (QED) is 0.563. The smallest absolute Gasteiger partial charge is 0.349 e. The lowest BCUT2D eigenvalue weighted by Crippen LogP contribution is -2.48. The van der Waals surface area contributed by atoms with Crippen molar-refractivity contribution in [3.63, 3.8) is 0 Å². The van der Waals surface area contributed by atoms with Gasteiger partial charge in [-0.15, -0.1) is 0 Å². The van der Waals surface area contributed by atoms with Gasteiger partial charge in [0.25, 0.3) is 0 Å². The van der Waals surface area contributed by atoms with Crippen LogP contribution in [0.25, 0.3) is 0 Å². The molecule has 0 spiro atoms. The van der Waals surface area contributed by atoms with Crippen LogP contribution in [0, 0.1) is 0 Å². The maximum Gasteiger partial charge on any atom is 0.349 e. The highest BCUT2D eigenvalue weighted by Crippen LogP contribution is 2.21. The Labute approximate surface area is 164 Å². The van der Waals surface area contributed by atoms with E-state index in [9.17, 15) is 9.59 Å². The van der Waals surface area contributed by atoms with Crippen LogP contribution in [0.4, 0.5) is 5.69 Å². The molecule has 0 aromatic heterocycles. The SMILES string of the molecule is COc1ccc(OCC(=O)Oc2ccc(N3CCN(C(C)=O)CC3)cc2)cc1. The summed E-state index contributed by atoms with van der Waals surface area (Å²) < 4.78 is 15.8. The molecule has 2 aromatic rings. The molecule has 1 fully saturated rings. The molecule has 0 radical (unpaired) electrons. The van der Waals surface area contributed by atoms with Crippen molar-refractivity contribution in [2.24, 2.45) is 0 Å². The molecule has 1 aliphatic rings. The Hall–Kier alpha value is -3.22. The van der Waals surface area contributed by atoms with Crippen molar-refractivity contribution in [1.29, 1.82) is 0 Å². The van der Waals surface area contributed by atoms with E-state index in [1.54, 1.807) is 50.4 Å². The number of carbonyl (C=O) groups excluding carboxylic acids is 2. The van der Waals surface area contributed by atoms with E-state index < -0.39 is 5.97 Å². The van der Waals surface area contributed by atoms with E-state index >= 15 is 0 Å². The predicted octanol–water partition coefficient (Wildman–Crippen LogP) is 2.35. The van der Waals surface area contributed by atoms with Crippen LogP contribution in [0.2, 0.25) is 0 Å². The first-order valence-electron chi connectivity index (χ1n) is 9.13. The lowest BCUT2D eigenvalue weighted by Gasteiger charge is -2.35. The van der Waals surface area contributed by atoms with E-state index in [0.29, 0.717) is 11.5 Å². The van der Waals surface area contributed by atoms with Crippen LogP contribution < -0.4 is 19.1 Å². The summed E-state index contributed by atoms with van der Waals surface area (Å²) >= 11 is 0. The monoisotopic (exact) mass is 384 g/mol. The molecule has 1 amide bonds. The number of rotatable bonds is 6. The fraction of sp³-hybridized carbons (Fsp3) is 0.333. The Morgan fingerprint density at radius 3 is 2.00 bits per heavy atom.